The van der Waals surface area contributed by atoms with Gasteiger partial charge in [0.1, 0.15) is 0 Å². The van der Waals surface area contributed by atoms with E-state index in [1.165, 1.54) is 7.11 Å². The van der Waals surface area contributed by atoms with Gasteiger partial charge in [0, 0.05) is 5.70 Å². The first-order valence-corrected chi connectivity index (χ1v) is 5.84. The Balaban J connectivity index is 2.41. The molecule has 2 rings (SSSR count). The van der Waals surface area contributed by atoms with E-state index < -0.39 is 5.97 Å². The molecule has 0 spiro atoms. The number of methoxy groups -OCH3 is 1. The molecule has 0 saturated carbocycles. The maximum absolute atomic E-state index is 11.6. The molecule has 2 N–H and O–H groups in total. The molecule has 0 amide bonds. The van der Waals surface area contributed by atoms with Crippen LogP contribution in [0.1, 0.15) is 21.5 Å². The molecule has 95 valence electrons. The van der Waals surface area contributed by atoms with E-state index in [1.807, 2.05) is 30.3 Å². The largest absolute Gasteiger partial charge is 0.465 e. The Morgan fingerprint density at radius 3 is 2.63 bits per heavy atom. The van der Waals surface area contributed by atoms with E-state index in [-0.39, 0.29) is 0 Å². The van der Waals surface area contributed by atoms with Crippen LogP contribution in [0.3, 0.4) is 0 Å². The van der Waals surface area contributed by atoms with E-state index in [1.54, 1.807) is 24.3 Å². The third-order valence-electron chi connectivity index (χ3n) is 2.70. The Labute approximate surface area is 112 Å². The molecule has 2 aromatic rings. The zero-order valence-corrected chi connectivity index (χ0v) is 10.6. The highest BCUT2D eigenvalue weighted by molar-refractivity contribution is 5.95. The summed E-state index contributed by atoms with van der Waals surface area (Å²) < 4.78 is 4.72. The predicted molar refractivity (Wildman–Crippen MR) is 75.1 cm³/mol. The molecule has 2 aromatic carbocycles. The van der Waals surface area contributed by atoms with Gasteiger partial charge in [0.2, 0.25) is 0 Å². The van der Waals surface area contributed by atoms with Gasteiger partial charge < -0.3 is 10.5 Å². The van der Waals surface area contributed by atoms with Gasteiger partial charge >= 0.3 is 5.97 Å². The second kappa shape index (κ2) is 5.87. The van der Waals surface area contributed by atoms with Crippen LogP contribution in [0.2, 0.25) is 0 Å². The zero-order valence-electron chi connectivity index (χ0n) is 10.6. The van der Waals surface area contributed by atoms with Gasteiger partial charge in [-0.05, 0) is 23.3 Å². The van der Waals surface area contributed by atoms with Gasteiger partial charge in [0.25, 0.3) is 0 Å². The molecule has 0 unspecified atom stereocenters. The second-order valence-corrected chi connectivity index (χ2v) is 3.96. The fraction of sp³-hybridized carbons (Fsp3) is 0.0625. The van der Waals surface area contributed by atoms with E-state index in [2.05, 4.69) is 6.07 Å². The van der Waals surface area contributed by atoms with Crippen molar-refractivity contribution in [2.45, 2.75) is 0 Å². The lowest BCUT2D eigenvalue weighted by Crippen LogP contribution is -2.04. The molecular formula is C16H14NO2. The number of carbonyl (C=O) groups excluding carboxylic acids is 1. The van der Waals surface area contributed by atoms with Crippen LogP contribution < -0.4 is 5.73 Å². The maximum atomic E-state index is 11.6. The Kier molecular flexibility index (Phi) is 3.98. The number of rotatable bonds is 3. The van der Waals surface area contributed by atoms with Crippen LogP contribution in [-0.2, 0) is 4.74 Å². The van der Waals surface area contributed by atoms with E-state index in [4.69, 9.17) is 10.5 Å². The minimum absolute atomic E-state index is 0.379. The van der Waals surface area contributed by atoms with Crippen LogP contribution in [0, 0.1) is 6.07 Å². The van der Waals surface area contributed by atoms with Crippen molar-refractivity contribution in [2.24, 2.45) is 5.73 Å². The van der Waals surface area contributed by atoms with Gasteiger partial charge in [0.15, 0.2) is 0 Å². The summed E-state index contributed by atoms with van der Waals surface area (Å²) in [4.78, 5) is 11.6. The molecule has 1 radical (unpaired) electrons. The van der Waals surface area contributed by atoms with Crippen LogP contribution in [-0.4, -0.2) is 13.1 Å². The van der Waals surface area contributed by atoms with Gasteiger partial charge in [-0.2, -0.15) is 0 Å². The third-order valence-corrected chi connectivity index (χ3v) is 2.70. The first kappa shape index (κ1) is 12.9. The van der Waals surface area contributed by atoms with Crippen molar-refractivity contribution in [3.63, 3.8) is 0 Å². The quantitative estimate of drug-likeness (QED) is 0.675. The summed E-state index contributed by atoms with van der Waals surface area (Å²) in [6.07, 6.45) is 1.75. The highest BCUT2D eigenvalue weighted by Crippen LogP contribution is 2.17. The monoisotopic (exact) mass is 252 g/mol. The van der Waals surface area contributed by atoms with Gasteiger partial charge in [-0.1, -0.05) is 48.5 Å². The summed E-state index contributed by atoms with van der Waals surface area (Å²) in [7, 11) is 1.34. The molecule has 0 atom stereocenters. The van der Waals surface area contributed by atoms with Crippen molar-refractivity contribution in [1.29, 1.82) is 0 Å². The Morgan fingerprint density at radius 2 is 1.95 bits per heavy atom. The van der Waals surface area contributed by atoms with Crippen molar-refractivity contribution in [3.8, 4) is 0 Å². The SMILES string of the molecule is COC(=O)c1[c]cccc1C=C(N)c1ccccc1. The van der Waals surface area contributed by atoms with Gasteiger partial charge in [0.05, 0.1) is 12.7 Å². The number of ether oxygens (including phenoxy) is 1. The number of benzene rings is 2. The summed E-state index contributed by atoms with van der Waals surface area (Å²) >= 11 is 0. The minimum atomic E-state index is -0.423. The molecule has 3 heteroatoms. The Morgan fingerprint density at radius 1 is 1.21 bits per heavy atom. The lowest BCUT2D eigenvalue weighted by molar-refractivity contribution is 0.0600. The van der Waals surface area contributed by atoms with Crippen LogP contribution in [0.25, 0.3) is 11.8 Å². The number of carbonyl (C=O) groups is 1. The summed E-state index contributed by atoms with van der Waals surface area (Å²) in [6.45, 7) is 0. The molecular weight excluding hydrogens is 238 g/mol. The van der Waals surface area contributed by atoms with Crippen molar-refractivity contribution < 1.29 is 9.53 Å². The first-order chi connectivity index (χ1) is 9.22. The fourth-order valence-electron chi connectivity index (χ4n) is 1.73. The fourth-order valence-corrected chi connectivity index (χ4v) is 1.73. The molecule has 0 aliphatic rings. The number of hydrogen-bond donors (Lipinski definition) is 1. The van der Waals surface area contributed by atoms with E-state index in [0.29, 0.717) is 16.8 Å². The summed E-state index contributed by atoms with van der Waals surface area (Å²) in [5.41, 5.74) is 8.59. The lowest BCUT2D eigenvalue weighted by Gasteiger charge is -2.05. The van der Waals surface area contributed by atoms with E-state index in [0.717, 1.165) is 5.56 Å². The molecule has 0 saturated heterocycles. The number of hydrogen-bond acceptors (Lipinski definition) is 3. The summed E-state index contributed by atoms with van der Waals surface area (Å²) in [6, 6.07) is 17.7. The van der Waals surface area contributed by atoms with Crippen LogP contribution in [0.4, 0.5) is 0 Å². The highest BCUT2D eigenvalue weighted by atomic mass is 16.5. The Hall–Kier alpha value is -2.55. The van der Waals surface area contributed by atoms with Gasteiger partial charge in [-0.15, -0.1) is 0 Å². The normalized spacial score (nSPS) is 11.1. The minimum Gasteiger partial charge on any atom is -0.465 e. The molecule has 0 aliphatic heterocycles. The van der Waals surface area contributed by atoms with Gasteiger partial charge in [-0.25, -0.2) is 4.79 Å². The van der Waals surface area contributed by atoms with Crippen LogP contribution in [0.15, 0.2) is 48.5 Å². The number of nitrogens with two attached hydrogens (primary N) is 1. The molecule has 3 nitrogen and oxygen atoms in total. The smallest absolute Gasteiger partial charge is 0.339 e. The highest BCUT2D eigenvalue weighted by Gasteiger charge is 2.10. The molecule has 0 bridgehead atoms. The van der Waals surface area contributed by atoms with E-state index in [9.17, 15) is 4.79 Å². The lowest BCUT2D eigenvalue weighted by atomic mass is 10.0. The summed E-state index contributed by atoms with van der Waals surface area (Å²) in [5.74, 6) is -0.423. The summed E-state index contributed by atoms with van der Waals surface area (Å²) in [5, 5.41) is 0. The topological polar surface area (TPSA) is 52.3 Å². The van der Waals surface area contributed by atoms with Crippen molar-refractivity contribution in [2.75, 3.05) is 7.11 Å². The molecule has 0 fully saturated rings. The zero-order chi connectivity index (χ0) is 13.7. The van der Waals surface area contributed by atoms with Crippen LogP contribution in [0.5, 0.6) is 0 Å². The standard InChI is InChI=1S/C16H14NO2/c1-19-16(18)14-10-6-5-9-13(14)11-15(17)12-7-3-2-4-8-12/h2-9,11H,17H2,1H3. The van der Waals surface area contributed by atoms with Crippen molar-refractivity contribution >= 4 is 17.7 Å². The number of esters is 1. The maximum Gasteiger partial charge on any atom is 0.339 e. The Bertz CT molecular complexity index is 603. The molecule has 0 heterocycles. The van der Waals surface area contributed by atoms with Crippen LogP contribution >= 0.6 is 0 Å². The molecule has 19 heavy (non-hydrogen) atoms. The second-order valence-electron chi connectivity index (χ2n) is 3.96. The molecule has 0 aliphatic carbocycles. The van der Waals surface area contributed by atoms with Crippen molar-refractivity contribution in [3.05, 3.63) is 71.3 Å². The van der Waals surface area contributed by atoms with Crippen molar-refractivity contribution in [1.82, 2.24) is 0 Å². The van der Waals surface area contributed by atoms with Gasteiger partial charge in [-0.3, -0.25) is 0 Å². The molecule has 0 aromatic heterocycles. The average molecular weight is 252 g/mol. The first-order valence-electron chi connectivity index (χ1n) is 5.84. The average Bonchev–Trinajstić information content (AvgIpc) is 2.48. The predicted octanol–water partition coefficient (Wildman–Crippen LogP) is 2.73. The van der Waals surface area contributed by atoms with E-state index >= 15 is 0 Å². The third kappa shape index (κ3) is 3.01.